The zero-order chi connectivity index (χ0) is 15.7. The van der Waals surface area contributed by atoms with Crippen molar-refractivity contribution < 1.29 is 14.2 Å². The van der Waals surface area contributed by atoms with E-state index in [0.717, 1.165) is 11.1 Å². The molecule has 0 radical (unpaired) electrons. The molecule has 2 aliphatic rings. The summed E-state index contributed by atoms with van der Waals surface area (Å²) in [6, 6.07) is 20.6. The van der Waals surface area contributed by atoms with Crippen molar-refractivity contribution in [2.75, 3.05) is 6.61 Å². The third-order valence-electron chi connectivity index (χ3n) is 4.65. The minimum atomic E-state index is -0.545. The fraction of sp³-hybridized carbons (Fsp3) is 0.300. The molecule has 1 saturated heterocycles. The zero-order valence-electron chi connectivity index (χ0n) is 13.1. The number of fused-ring (bicyclic) bond motifs is 1. The molecule has 3 heteroatoms. The maximum absolute atomic E-state index is 6.30. The van der Waals surface area contributed by atoms with E-state index in [1.165, 1.54) is 0 Å². The molecule has 2 heterocycles. The van der Waals surface area contributed by atoms with E-state index in [-0.39, 0.29) is 18.3 Å². The minimum absolute atomic E-state index is 0.154. The van der Waals surface area contributed by atoms with Crippen molar-refractivity contribution in [2.24, 2.45) is 5.92 Å². The van der Waals surface area contributed by atoms with Crippen LogP contribution in [0.2, 0.25) is 0 Å². The van der Waals surface area contributed by atoms with Crippen molar-refractivity contribution in [1.29, 1.82) is 0 Å². The summed E-state index contributed by atoms with van der Waals surface area (Å²) in [5.41, 5.74) is 1.70. The van der Waals surface area contributed by atoms with Crippen molar-refractivity contribution in [1.82, 2.24) is 0 Å². The Morgan fingerprint density at radius 2 is 1.74 bits per heavy atom. The predicted octanol–water partition coefficient (Wildman–Crippen LogP) is 4.18. The van der Waals surface area contributed by atoms with Crippen molar-refractivity contribution in [3.63, 3.8) is 0 Å². The number of ether oxygens (including phenoxy) is 3. The van der Waals surface area contributed by atoms with Crippen LogP contribution in [0.15, 0.2) is 73.0 Å². The van der Waals surface area contributed by atoms with Gasteiger partial charge in [-0.1, -0.05) is 60.7 Å². The molecule has 118 valence electrons. The van der Waals surface area contributed by atoms with Crippen molar-refractivity contribution in [3.05, 3.63) is 84.1 Å². The Labute approximate surface area is 136 Å². The maximum atomic E-state index is 6.30. The second-order valence-corrected chi connectivity index (χ2v) is 5.88. The summed E-state index contributed by atoms with van der Waals surface area (Å²) in [4.78, 5) is 0. The Morgan fingerprint density at radius 3 is 2.39 bits per heavy atom. The Morgan fingerprint density at radius 1 is 1.04 bits per heavy atom. The van der Waals surface area contributed by atoms with Crippen molar-refractivity contribution in [3.8, 4) is 0 Å². The molecule has 4 rings (SSSR count). The summed E-state index contributed by atoms with van der Waals surface area (Å²) in [7, 11) is 0. The molecule has 23 heavy (non-hydrogen) atoms. The Hall–Kier alpha value is -2.10. The van der Waals surface area contributed by atoms with Gasteiger partial charge in [-0.05, 0) is 24.1 Å². The van der Waals surface area contributed by atoms with Gasteiger partial charge in [-0.2, -0.15) is 0 Å². The summed E-state index contributed by atoms with van der Waals surface area (Å²) in [6.07, 6.45) is 3.45. The van der Waals surface area contributed by atoms with Gasteiger partial charge in [0, 0.05) is 6.61 Å². The first-order chi connectivity index (χ1) is 11.4. The van der Waals surface area contributed by atoms with E-state index in [9.17, 15) is 0 Å². The van der Waals surface area contributed by atoms with Crippen molar-refractivity contribution >= 4 is 0 Å². The van der Waals surface area contributed by atoms with E-state index in [0.29, 0.717) is 6.61 Å². The van der Waals surface area contributed by atoms with Crippen LogP contribution < -0.4 is 0 Å². The smallest absolute Gasteiger partial charge is 0.209 e. The highest BCUT2D eigenvalue weighted by molar-refractivity contribution is 5.35. The van der Waals surface area contributed by atoms with Crippen LogP contribution in [0.5, 0.6) is 0 Å². The molecule has 4 atom stereocenters. The third-order valence-corrected chi connectivity index (χ3v) is 4.65. The maximum Gasteiger partial charge on any atom is 0.209 e. The summed E-state index contributed by atoms with van der Waals surface area (Å²) < 4.78 is 18.0. The summed E-state index contributed by atoms with van der Waals surface area (Å²) >= 11 is 0. The van der Waals surface area contributed by atoms with Crippen LogP contribution >= 0.6 is 0 Å². The number of hydrogen-bond donors (Lipinski definition) is 0. The van der Waals surface area contributed by atoms with Crippen LogP contribution in [-0.2, 0) is 19.8 Å². The molecule has 2 aromatic carbocycles. The zero-order valence-corrected chi connectivity index (χ0v) is 13.1. The van der Waals surface area contributed by atoms with Crippen LogP contribution in [0.1, 0.15) is 24.2 Å². The topological polar surface area (TPSA) is 27.7 Å². The molecule has 1 fully saturated rings. The molecular weight excluding hydrogens is 288 g/mol. The first-order valence-corrected chi connectivity index (χ1v) is 8.08. The lowest BCUT2D eigenvalue weighted by Crippen LogP contribution is -2.59. The molecule has 2 aliphatic heterocycles. The van der Waals surface area contributed by atoms with E-state index in [1.54, 1.807) is 6.26 Å². The average molecular weight is 308 g/mol. The summed E-state index contributed by atoms with van der Waals surface area (Å²) in [5, 5.41) is 0. The Balaban J connectivity index is 1.82. The molecule has 3 nitrogen and oxygen atoms in total. The van der Waals surface area contributed by atoms with Gasteiger partial charge in [0.2, 0.25) is 6.29 Å². The highest BCUT2D eigenvalue weighted by Crippen LogP contribution is 2.58. The lowest BCUT2D eigenvalue weighted by molar-refractivity contribution is -0.356. The van der Waals surface area contributed by atoms with Gasteiger partial charge < -0.3 is 14.2 Å². The van der Waals surface area contributed by atoms with Gasteiger partial charge in [0.25, 0.3) is 0 Å². The van der Waals surface area contributed by atoms with Gasteiger partial charge >= 0.3 is 0 Å². The standard InChI is InChI=1S/C20H20O3/c1-2-21-18(15-9-5-3-6-10-15)20(16-11-7-4-8-12-16)17-13-14-22-19(17)23-20/h3-14,17-19H,2H2,1H3/t17-,18?,19-,20+/m1/s1. The van der Waals surface area contributed by atoms with Crippen LogP contribution in [0.25, 0.3) is 0 Å². The largest absolute Gasteiger partial charge is 0.472 e. The lowest BCUT2D eigenvalue weighted by atomic mass is 9.70. The monoisotopic (exact) mass is 308 g/mol. The fourth-order valence-corrected chi connectivity index (χ4v) is 3.64. The molecule has 1 unspecified atom stereocenters. The second-order valence-electron chi connectivity index (χ2n) is 5.88. The number of benzene rings is 2. The highest BCUT2D eigenvalue weighted by Gasteiger charge is 2.63. The third kappa shape index (κ3) is 2.19. The van der Waals surface area contributed by atoms with Gasteiger partial charge in [-0.15, -0.1) is 0 Å². The average Bonchev–Trinajstić information content (AvgIpc) is 2.99. The van der Waals surface area contributed by atoms with Crippen molar-refractivity contribution in [2.45, 2.75) is 24.9 Å². The normalized spacial score (nSPS) is 29.4. The molecule has 0 N–H and O–H groups in total. The molecule has 0 amide bonds. The SMILES string of the molecule is CCOC(c1ccccc1)[C@@]1(c2ccccc2)O[C@H]2OC=C[C@H]21. The van der Waals surface area contributed by atoms with Crippen LogP contribution in [0.4, 0.5) is 0 Å². The molecule has 0 bridgehead atoms. The van der Waals surface area contributed by atoms with E-state index < -0.39 is 5.60 Å². The van der Waals surface area contributed by atoms with Gasteiger partial charge in [-0.25, -0.2) is 0 Å². The van der Waals surface area contributed by atoms with Crippen LogP contribution in [0.3, 0.4) is 0 Å². The predicted molar refractivity (Wildman–Crippen MR) is 87.5 cm³/mol. The first kappa shape index (κ1) is 14.5. The highest BCUT2D eigenvalue weighted by atomic mass is 16.7. The van der Waals surface area contributed by atoms with Gasteiger partial charge in [0.1, 0.15) is 11.7 Å². The Bertz CT molecular complexity index is 683. The molecule has 0 saturated carbocycles. The van der Waals surface area contributed by atoms with Crippen LogP contribution in [0, 0.1) is 5.92 Å². The summed E-state index contributed by atoms with van der Waals surface area (Å²) in [5.74, 6) is 0.154. The fourth-order valence-electron chi connectivity index (χ4n) is 3.64. The van der Waals surface area contributed by atoms with E-state index >= 15 is 0 Å². The first-order valence-electron chi connectivity index (χ1n) is 8.08. The van der Waals surface area contributed by atoms with Gasteiger partial charge in [0.05, 0.1) is 12.2 Å². The van der Waals surface area contributed by atoms with Gasteiger partial charge in [-0.3, -0.25) is 0 Å². The molecular formula is C20H20O3. The van der Waals surface area contributed by atoms with E-state index in [1.807, 2.05) is 43.3 Å². The number of hydrogen-bond acceptors (Lipinski definition) is 3. The number of rotatable bonds is 5. The Kier molecular flexibility index (Phi) is 3.68. The molecule has 2 aromatic rings. The molecule has 0 aliphatic carbocycles. The quantitative estimate of drug-likeness (QED) is 0.829. The molecule has 0 aromatic heterocycles. The molecule has 0 spiro atoms. The van der Waals surface area contributed by atoms with Crippen LogP contribution in [-0.4, -0.2) is 12.9 Å². The minimum Gasteiger partial charge on any atom is -0.472 e. The second kappa shape index (κ2) is 5.84. The van der Waals surface area contributed by atoms with E-state index in [4.69, 9.17) is 14.2 Å². The summed E-state index contributed by atoms with van der Waals surface area (Å²) in [6.45, 7) is 2.64. The van der Waals surface area contributed by atoms with E-state index in [2.05, 4.69) is 30.3 Å². The van der Waals surface area contributed by atoms with Gasteiger partial charge in [0.15, 0.2) is 0 Å². The lowest BCUT2D eigenvalue weighted by Gasteiger charge is -2.54.